The minimum absolute atomic E-state index is 0.00821. The quantitative estimate of drug-likeness (QED) is 0.414. The molecule has 212 valence electrons. The van der Waals surface area contributed by atoms with E-state index in [2.05, 4.69) is 38.9 Å². The highest BCUT2D eigenvalue weighted by atomic mass is 35.5. The maximum absolute atomic E-state index is 13.9. The van der Waals surface area contributed by atoms with Crippen LogP contribution in [0.25, 0.3) is 0 Å². The van der Waals surface area contributed by atoms with Crippen molar-refractivity contribution in [1.29, 1.82) is 0 Å². The number of benzene rings is 2. The highest BCUT2D eigenvalue weighted by Crippen LogP contribution is 2.48. The minimum Gasteiger partial charge on any atom is -0.357 e. The number of fused-ring (bicyclic) bond motifs is 1. The number of allylic oxidation sites excluding steroid dienone is 1. The van der Waals surface area contributed by atoms with Gasteiger partial charge in [-0.15, -0.1) is 0 Å². The van der Waals surface area contributed by atoms with Crippen LogP contribution >= 0.6 is 23.2 Å². The summed E-state index contributed by atoms with van der Waals surface area (Å²) >= 11 is 12.8. The third kappa shape index (κ3) is 5.51. The van der Waals surface area contributed by atoms with Gasteiger partial charge >= 0.3 is 0 Å². The number of rotatable bonds is 4. The van der Waals surface area contributed by atoms with E-state index in [0.29, 0.717) is 60.6 Å². The van der Waals surface area contributed by atoms with Gasteiger partial charge in [-0.05, 0) is 47.7 Å². The first kappa shape index (κ1) is 27.5. The fourth-order valence-corrected chi connectivity index (χ4v) is 6.42. The van der Waals surface area contributed by atoms with Crippen molar-refractivity contribution in [1.82, 2.24) is 14.9 Å². The highest BCUT2D eigenvalue weighted by Gasteiger charge is 2.42. The summed E-state index contributed by atoms with van der Waals surface area (Å²) in [4.78, 5) is 42.6. The molecule has 2 aliphatic heterocycles. The molecular weight excluding hydrogens is 559 g/mol. The number of aromatic nitrogens is 2. The molecule has 3 heterocycles. The van der Waals surface area contributed by atoms with Gasteiger partial charge in [-0.3, -0.25) is 9.59 Å². The predicted octanol–water partition coefficient (Wildman–Crippen LogP) is 5.75. The molecule has 0 saturated carbocycles. The number of anilines is 3. The fourth-order valence-electron chi connectivity index (χ4n) is 6.11. The second kappa shape index (κ2) is 11.0. The van der Waals surface area contributed by atoms with E-state index < -0.39 is 6.04 Å². The van der Waals surface area contributed by atoms with Crippen LogP contribution in [0.2, 0.25) is 10.0 Å². The van der Waals surface area contributed by atoms with E-state index in [-0.39, 0.29) is 23.7 Å². The molecule has 8 nitrogen and oxygen atoms in total. The predicted molar refractivity (Wildman–Crippen MR) is 162 cm³/mol. The fraction of sp³-hybridized carbons (Fsp3) is 0.355. The number of halogens is 2. The normalized spacial score (nSPS) is 20.2. The van der Waals surface area contributed by atoms with Crippen molar-refractivity contribution in [2.75, 3.05) is 47.8 Å². The van der Waals surface area contributed by atoms with Crippen LogP contribution in [0.1, 0.15) is 38.3 Å². The number of nitrogens with zero attached hydrogens (tertiary/aromatic N) is 5. The van der Waals surface area contributed by atoms with Gasteiger partial charge in [0.25, 0.3) is 0 Å². The van der Waals surface area contributed by atoms with Crippen molar-refractivity contribution in [3.8, 4) is 0 Å². The number of carbonyl (C=O) groups excluding carboxylic acids is 2. The van der Waals surface area contributed by atoms with Crippen molar-refractivity contribution >= 4 is 52.2 Å². The van der Waals surface area contributed by atoms with Gasteiger partial charge in [0.05, 0.1) is 34.0 Å². The van der Waals surface area contributed by atoms with Crippen LogP contribution in [0.15, 0.2) is 72.2 Å². The molecule has 0 radical (unpaired) electrons. The van der Waals surface area contributed by atoms with E-state index in [1.165, 1.54) is 0 Å². The number of para-hydroxylation sites is 2. The summed E-state index contributed by atoms with van der Waals surface area (Å²) < 4.78 is 0. The van der Waals surface area contributed by atoms with Gasteiger partial charge < -0.3 is 20.0 Å². The van der Waals surface area contributed by atoms with Crippen LogP contribution in [-0.2, 0) is 9.59 Å². The molecule has 6 rings (SSSR count). The van der Waals surface area contributed by atoms with E-state index in [1.807, 2.05) is 41.3 Å². The summed E-state index contributed by atoms with van der Waals surface area (Å²) in [5.74, 6) is 0.734. The summed E-state index contributed by atoms with van der Waals surface area (Å²) in [6.45, 7) is 6.73. The molecule has 3 aromatic rings. The number of nitrogens with one attached hydrogen (secondary N) is 1. The van der Waals surface area contributed by atoms with Gasteiger partial charge in [-0.25, -0.2) is 9.97 Å². The molecule has 1 amide bonds. The topological polar surface area (TPSA) is 81.7 Å². The van der Waals surface area contributed by atoms with Crippen LogP contribution in [0.5, 0.6) is 0 Å². The van der Waals surface area contributed by atoms with Gasteiger partial charge in [0.15, 0.2) is 5.78 Å². The van der Waals surface area contributed by atoms with E-state index in [9.17, 15) is 9.59 Å². The number of hydrogen-bond acceptors (Lipinski definition) is 7. The lowest BCUT2D eigenvalue weighted by Gasteiger charge is -2.40. The number of ketones is 1. The van der Waals surface area contributed by atoms with E-state index >= 15 is 0 Å². The van der Waals surface area contributed by atoms with Gasteiger partial charge in [-0.2, -0.15) is 0 Å². The molecule has 41 heavy (non-hydrogen) atoms. The minimum atomic E-state index is -0.512. The summed E-state index contributed by atoms with van der Waals surface area (Å²) in [7, 11) is 0. The maximum atomic E-state index is 13.9. The zero-order chi connectivity index (χ0) is 28.7. The number of amides is 1. The SMILES string of the molecule is CC1(C)CC(=O)C2=C(C1)Nc1ccccc1N(CC(=O)N1CCN(c3ncccn3)CC1)C2c1ccc(Cl)c(Cl)c1. The average Bonchev–Trinajstić information content (AvgIpc) is 3.09. The Morgan fingerprint density at radius 1 is 0.976 bits per heavy atom. The van der Waals surface area contributed by atoms with Crippen molar-refractivity contribution in [2.45, 2.75) is 32.7 Å². The molecule has 0 spiro atoms. The van der Waals surface area contributed by atoms with Crippen LogP contribution in [0.4, 0.5) is 17.3 Å². The first-order chi connectivity index (χ1) is 19.7. The molecule has 0 bridgehead atoms. The zero-order valence-corrected chi connectivity index (χ0v) is 24.6. The van der Waals surface area contributed by atoms with E-state index in [0.717, 1.165) is 22.6 Å². The van der Waals surface area contributed by atoms with Gasteiger partial charge in [0, 0.05) is 56.3 Å². The second-order valence-electron chi connectivity index (χ2n) is 11.6. The van der Waals surface area contributed by atoms with Crippen LogP contribution in [0, 0.1) is 5.41 Å². The van der Waals surface area contributed by atoms with Gasteiger partial charge in [-0.1, -0.05) is 55.2 Å². The molecule has 1 aliphatic carbocycles. The summed E-state index contributed by atoms with van der Waals surface area (Å²) in [5.41, 5.74) is 3.92. The summed E-state index contributed by atoms with van der Waals surface area (Å²) in [6, 6.07) is 14.7. The van der Waals surface area contributed by atoms with Crippen molar-refractivity contribution in [2.24, 2.45) is 5.41 Å². The Kier molecular flexibility index (Phi) is 7.38. The van der Waals surface area contributed by atoms with Crippen LogP contribution < -0.4 is 15.1 Å². The maximum Gasteiger partial charge on any atom is 0.242 e. The molecule has 1 N–H and O–H groups in total. The second-order valence-corrected chi connectivity index (χ2v) is 12.4. The molecular formula is C31H32Cl2N6O2. The van der Waals surface area contributed by atoms with Crippen molar-refractivity contribution in [3.63, 3.8) is 0 Å². The van der Waals surface area contributed by atoms with Crippen molar-refractivity contribution < 1.29 is 9.59 Å². The van der Waals surface area contributed by atoms with Crippen LogP contribution in [0.3, 0.4) is 0 Å². The van der Waals surface area contributed by atoms with E-state index in [4.69, 9.17) is 23.2 Å². The lowest BCUT2D eigenvalue weighted by molar-refractivity contribution is -0.130. The number of piperazine rings is 1. The lowest BCUT2D eigenvalue weighted by atomic mass is 9.73. The summed E-state index contributed by atoms with van der Waals surface area (Å²) in [6.07, 6.45) is 4.59. The molecule has 1 unspecified atom stereocenters. The Bertz CT molecular complexity index is 1520. The highest BCUT2D eigenvalue weighted by molar-refractivity contribution is 6.42. The largest absolute Gasteiger partial charge is 0.357 e. The van der Waals surface area contributed by atoms with E-state index in [1.54, 1.807) is 24.5 Å². The molecule has 1 atom stereocenters. The third-order valence-electron chi connectivity index (χ3n) is 8.04. The lowest BCUT2D eigenvalue weighted by Crippen LogP contribution is -2.52. The van der Waals surface area contributed by atoms with Crippen molar-refractivity contribution in [3.05, 3.63) is 87.8 Å². The van der Waals surface area contributed by atoms with Gasteiger partial charge in [0.2, 0.25) is 11.9 Å². The number of carbonyl (C=O) groups is 2. The molecule has 2 aromatic carbocycles. The smallest absolute Gasteiger partial charge is 0.242 e. The number of Topliss-reactive ketones (excluding diaryl/α,β-unsaturated/α-hetero) is 1. The third-order valence-corrected chi connectivity index (χ3v) is 8.78. The average molecular weight is 592 g/mol. The summed E-state index contributed by atoms with van der Waals surface area (Å²) in [5, 5.41) is 4.44. The molecule has 1 aromatic heterocycles. The first-order valence-electron chi connectivity index (χ1n) is 13.8. The Balaban J connectivity index is 1.37. The van der Waals surface area contributed by atoms with Crippen LogP contribution in [-0.4, -0.2) is 59.3 Å². The molecule has 10 heteroatoms. The molecule has 3 aliphatic rings. The Morgan fingerprint density at radius 3 is 2.44 bits per heavy atom. The Hall–Kier alpha value is -3.62. The first-order valence-corrected chi connectivity index (χ1v) is 14.6. The zero-order valence-electron chi connectivity index (χ0n) is 23.1. The van der Waals surface area contributed by atoms with Gasteiger partial charge in [0.1, 0.15) is 0 Å². The Morgan fingerprint density at radius 2 is 1.71 bits per heavy atom. The standard InChI is InChI=1S/C31H32Cl2N6O2/c1-31(2)17-24-28(26(40)18-31)29(20-8-9-21(32)22(33)16-20)39(25-7-4-3-6-23(25)36-24)19-27(41)37-12-14-38(15-13-37)30-34-10-5-11-35-30/h3-11,16,29,36H,12-15,17-19H2,1-2H3. The Labute approximate surface area is 250 Å². The molecule has 1 fully saturated rings. The number of hydrogen-bond donors (Lipinski definition) is 1. The monoisotopic (exact) mass is 590 g/mol. The molecule has 1 saturated heterocycles.